The molecule has 2 aromatic carbocycles. The zero-order valence-electron chi connectivity index (χ0n) is 13.6. The van der Waals surface area contributed by atoms with E-state index in [1.54, 1.807) is 19.1 Å². The molecule has 0 fully saturated rings. The Morgan fingerprint density at radius 3 is 2.43 bits per heavy atom. The zero-order chi connectivity index (χ0) is 17.1. The van der Waals surface area contributed by atoms with Gasteiger partial charge in [0.1, 0.15) is 5.75 Å². The van der Waals surface area contributed by atoms with Crippen LogP contribution in [0.2, 0.25) is 0 Å². The predicted octanol–water partition coefficient (Wildman–Crippen LogP) is 4.55. The summed E-state index contributed by atoms with van der Waals surface area (Å²) < 4.78 is 5.37. The van der Waals surface area contributed by atoms with E-state index in [0.717, 1.165) is 5.56 Å². The molecule has 0 saturated carbocycles. The van der Waals surface area contributed by atoms with Gasteiger partial charge in [0.25, 0.3) is 5.69 Å². The highest BCUT2D eigenvalue weighted by molar-refractivity contribution is 5.93. The maximum Gasteiger partial charge on any atom is 0.344 e. The van der Waals surface area contributed by atoms with Crippen LogP contribution in [0, 0.1) is 24.0 Å². The molecule has 120 valence electrons. The Labute approximate surface area is 135 Å². The summed E-state index contributed by atoms with van der Waals surface area (Å²) in [5.74, 6) is 0.226. The van der Waals surface area contributed by atoms with Gasteiger partial charge in [-0.05, 0) is 49.1 Å². The van der Waals surface area contributed by atoms with Crippen LogP contribution in [0.15, 0.2) is 36.4 Å². The minimum Gasteiger partial charge on any atom is -0.423 e. The zero-order valence-corrected chi connectivity index (χ0v) is 13.6. The van der Waals surface area contributed by atoms with Crippen molar-refractivity contribution in [1.29, 1.82) is 0 Å². The highest BCUT2D eigenvalue weighted by Crippen LogP contribution is 2.26. The summed E-state index contributed by atoms with van der Waals surface area (Å²) in [4.78, 5) is 22.7. The second kappa shape index (κ2) is 6.60. The summed E-state index contributed by atoms with van der Waals surface area (Å²) in [7, 11) is 0. The van der Waals surface area contributed by atoms with E-state index in [-0.39, 0.29) is 11.3 Å². The summed E-state index contributed by atoms with van der Waals surface area (Å²) in [6, 6.07) is 9.86. The van der Waals surface area contributed by atoms with Crippen molar-refractivity contribution in [3.8, 4) is 5.75 Å². The standard InChI is InChI=1S/C18H19NO4/c1-11(2)15-9-8-14(10-12(15)3)23-18(20)16-6-5-7-17(13(16)4)19(21)22/h5-11H,1-4H3. The van der Waals surface area contributed by atoms with E-state index in [9.17, 15) is 14.9 Å². The minimum absolute atomic E-state index is 0.0919. The molecule has 0 radical (unpaired) electrons. The van der Waals surface area contributed by atoms with Crippen LogP contribution < -0.4 is 4.74 Å². The lowest BCUT2D eigenvalue weighted by Crippen LogP contribution is -2.11. The first kappa shape index (κ1) is 16.7. The van der Waals surface area contributed by atoms with E-state index >= 15 is 0 Å². The van der Waals surface area contributed by atoms with Crippen LogP contribution in [-0.4, -0.2) is 10.9 Å². The Morgan fingerprint density at radius 1 is 1.17 bits per heavy atom. The lowest BCUT2D eigenvalue weighted by atomic mass is 9.98. The molecule has 5 nitrogen and oxygen atoms in total. The van der Waals surface area contributed by atoms with E-state index in [2.05, 4.69) is 13.8 Å². The van der Waals surface area contributed by atoms with Crippen LogP contribution in [0.4, 0.5) is 5.69 Å². The molecule has 0 bridgehead atoms. The van der Waals surface area contributed by atoms with Crippen LogP contribution in [0.5, 0.6) is 5.75 Å². The summed E-state index contributed by atoms with van der Waals surface area (Å²) >= 11 is 0. The number of esters is 1. The van der Waals surface area contributed by atoms with Gasteiger partial charge in [-0.1, -0.05) is 26.0 Å². The Balaban J connectivity index is 2.28. The van der Waals surface area contributed by atoms with Crippen molar-refractivity contribution < 1.29 is 14.5 Å². The first-order chi connectivity index (χ1) is 10.8. The van der Waals surface area contributed by atoms with Crippen LogP contribution in [0.25, 0.3) is 0 Å². The maximum atomic E-state index is 12.3. The van der Waals surface area contributed by atoms with E-state index in [0.29, 0.717) is 17.2 Å². The number of nitrogens with zero attached hydrogens (tertiary/aromatic N) is 1. The fourth-order valence-corrected chi connectivity index (χ4v) is 2.56. The van der Waals surface area contributed by atoms with E-state index in [4.69, 9.17) is 4.74 Å². The van der Waals surface area contributed by atoms with E-state index in [1.807, 2.05) is 13.0 Å². The Morgan fingerprint density at radius 2 is 1.87 bits per heavy atom. The number of ether oxygens (including phenoxy) is 1. The topological polar surface area (TPSA) is 69.4 Å². The monoisotopic (exact) mass is 313 g/mol. The largest absolute Gasteiger partial charge is 0.423 e. The molecule has 0 saturated heterocycles. The third-order valence-electron chi connectivity index (χ3n) is 3.80. The molecule has 2 rings (SSSR count). The van der Waals surface area contributed by atoms with Crippen molar-refractivity contribution in [2.24, 2.45) is 0 Å². The number of nitro benzene ring substituents is 1. The van der Waals surface area contributed by atoms with Crippen LogP contribution in [-0.2, 0) is 0 Å². The number of hydrogen-bond donors (Lipinski definition) is 0. The molecule has 0 aliphatic heterocycles. The summed E-state index contributed by atoms with van der Waals surface area (Å²) in [5, 5.41) is 11.0. The number of hydrogen-bond acceptors (Lipinski definition) is 4. The third-order valence-corrected chi connectivity index (χ3v) is 3.80. The van der Waals surface area contributed by atoms with Gasteiger partial charge in [0.2, 0.25) is 0 Å². The van der Waals surface area contributed by atoms with Gasteiger partial charge in [-0.2, -0.15) is 0 Å². The summed E-state index contributed by atoms with van der Waals surface area (Å²) in [5.41, 5.74) is 2.64. The van der Waals surface area contributed by atoms with Gasteiger partial charge < -0.3 is 4.74 Å². The average molecular weight is 313 g/mol. The van der Waals surface area contributed by atoms with Crippen LogP contribution in [0.1, 0.15) is 46.8 Å². The Hall–Kier alpha value is -2.69. The molecule has 5 heteroatoms. The number of aryl methyl sites for hydroxylation is 1. The average Bonchev–Trinajstić information content (AvgIpc) is 2.46. The molecule has 0 aliphatic rings. The third kappa shape index (κ3) is 3.56. The predicted molar refractivity (Wildman–Crippen MR) is 88.1 cm³/mol. The Kier molecular flexibility index (Phi) is 4.79. The van der Waals surface area contributed by atoms with E-state index < -0.39 is 10.9 Å². The van der Waals surface area contributed by atoms with Gasteiger partial charge in [-0.25, -0.2) is 4.79 Å². The van der Waals surface area contributed by atoms with Gasteiger partial charge in [0.05, 0.1) is 10.5 Å². The summed E-state index contributed by atoms with van der Waals surface area (Å²) in [6.45, 7) is 7.70. The molecule has 0 spiro atoms. The van der Waals surface area contributed by atoms with Crippen molar-refractivity contribution in [2.75, 3.05) is 0 Å². The molecular formula is C18H19NO4. The van der Waals surface area contributed by atoms with Crippen LogP contribution >= 0.6 is 0 Å². The highest BCUT2D eigenvalue weighted by Gasteiger charge is 2.19. The molecule has 0 aromatic heterocycles. The normalized spacial score (nSPS) is 10.7. The van der Waals surface area contributed by atoms with Crippen molar-refractivity contribution in [1.82, 2.24) is 0 Å². The number of rotatable bonds is 4. The molecule has 0 N–H and O–H groups in total. The van der Waals surface area contributed by atoms with Gasteiger partial charge in [-0.15, -0.1) is 0 Å². The second-order valence-electron chi connectivity index (χ2n) is 5.77. The molecular weight excluding hydrogens is 294 g/mol. The first-order valence-corrected chi connectivity index (χ1v) is 7.38. The first-order valence-electron chi connectivity index (χ1n) is 7.38. The van der Waals surface area contributed by atoms with Crippen molar-refractivity contribution in [2.45, 2.75) is 33.6 Å². The highest BCUT2D eigenvalue weighted by atomic mass is 16.6. The maximum absolute atomic E-state index is 12.3. The van der Waals surface area contributed by atoms with Gasteiger partial charge in [0, 0.05) is 11.6 Å². The lowest BCUT2D eigenvalue weighted by molar-refractivity contribution is -0.385. The van der Waals surface area contributed by atoms with Gasteiger partial charge in [0.15, 0.2) is 0 Å². The molecule has 2 aromatic rings. The number of benzene rings is 2. The van der Waals surface area contributed by atoms with E-state index in [1.165, 1.54) is 23.8 Å². The smallest absolute Gasteiger partial charge is 0.344 e. The number of carbonyl (C=O) groups excluding carboxylic acids is 1. The minimum atomic E-state index is -0.595. The molecule has 23 heavy (non-hydrogen) atoms. The van der Waals surface area contributed by atoms with Gasteiger partial charge in [-0.3, -0.25) is 10.1 Å². The SMILES string of the molecule is Cc1cc(OC(=O)c2cccc([N+](=O)[O-])c2C)ccc1C(C)C. The fourth-order valence-electron chi connectivity index (χ4n) is 2.56. The lowest BCUT2D eigenvalue weighted by Gasteiger charge is -2.12. The van der Waals surface area contributed by atoms with Crippen molar-refractivity contribution >= 4 is 11.7 Å². The van der Waals surface area contributed by atoms with Crippen molar-refractivity contribution in [3.63, 3.8) is 0 Å². The van der Waals surface area contributed by atoms with Crippen molar-refractivity contribution in [3.05, 3.63) is 68.8 Å². The fraction of sp³-hybridized carbons (Fsp3) is 0.278. The quantitative estimate of drug-likeness (QED) is 0.359. The van der Waals surface area contributed by atoms with Crippen LogP contribution in [0.3, 0.4) is 0 Å². The molecule has 0 amide bonds. The Bertz CT molecular complexity index is 766. The molecule has 0 atom stereocenters. The van der Waals surface area contributed by atoms with Gasteiger partial charge >= 0.3 is 5.97 Å². The number of carbonyl (C=O) groups is 1. The second-order valence-corrected chi connectivity index (χ2v) is 5.77. The molecule has 0 heterocycles. The summed E-state index contributed by atoms with van der Waals surface area (Å²) in [6.07, 6.45) is 0. The number of nitro groups is 1. The molecule has 0 aliphatic carbocycles. The molecule has 0 unspecified atom stereocenters.